The van der Waals surface area contributed by atoms with Gasteiger partial charge in [-0.25, -0.2) is 0 Å². The molecule has 120 valence electrons. The number of hydrogen-bond acceptors (Lipinski definition) is 5. The van der Waals surface area contributed by atoms with E-state index in [1.165, 1.54) is 12.1 Å². The van der Waals surface area contributed by atoms with E-state index < -0.39 is 5.97 Å². The molecule has 0 aliphatic heterocycles. The first-order chi connectivity index (χ1) is 11.0. The number of rotatable bonds is 7. The van der Waals surface area contributed by atoms with Gasteiger partial charge in [0.2, 0.25) is 0 Å². The maximum Gasteiger partial charge on any atom is 0.175 e. The smallest absolute Gasteiger partial charge is 0.175 e. The molecule has 0 spiro atoms. The molecular formula is C17H14BrO5-. The van der Waals surface area contributed by atoms with Crippen molar-refractivity contribution in [2.45, 2.75) is 13.5 Å². The zero-order chi connectivity index (χ0) is 16.8. The van der Waals surface area contributed by atoms with E-state index in [9.17, 15) is 14.7 Å². The molecule has 2 aromatic rings. The number of carbonyl (C=O) groups excluding carboxylic acids is 2. The molecule has 2 rings (SSSR count). The summed E-state index contributed by atoms with van der Waals surface area (Å²) in [5.41, 5.74) is 1.23. The summed E-state index contributed by atoms with van der Waals surface area (Å²) in [5.74, 6) is -0.338. The maximum absolute atomic E-state index is 10.9. The van der Waals surface area contributed by atoms with Gasteiger partial charge >= 0.3 is 0 Å². The Hall–Kier alpha value is -2.34. The van der Waals surface area contributed by atoms with Crippen molar-refractivity contribution in [3.05, 3.63) is 57.6 Å². The number of hydrogen-bond donors (Lipinski definition) is 0. The molecule has 0 atom stereocenters. The zero-order valence-corrected chi connectivity index (χ0v) is 14.0. The molecule has 2 aromatic carbocycles. The topological polar surface area (TPSA) is 75.7 Å². The first-order valence-corrected chi connectivity index (χ1v) is 7.69. The highest BCUT2D eigenvalue weighted by atomic mass is 79.9. The van der Waals surface area contributed by atoms with Crippen LogP contribution in [0.5, 0.6) is 11.5 Å². The third kappa shape index (κ3) is 4.32. The Balaban J connectivity index is 2.24. The molecule has 0 bridgehead atoms. The molecule has 0 fully saturated rings. The van der Waals surface area contributed by atoms with Gasteiger partial charge in [-0.1, -0.05) is 18.2 Å². The molecule has 0 aliphatic carbocycles. The van der Waals surface area contributed by atoms with E-state index in [2.05, 4.69) is 15.9 Å². The fraction of sp³-hybridized carbons (Fsp3) is 0.176. The summed E-state index contributed by atoms with van der Waals surface area (Å²) in [4.78, 5) is 21.8. The second-order valence-corrected chi connectivity index (χ2v) is 5.51. The summed E-state index contributed by atoms with van der Waals surface area (Å²) >= 11 is 3.35. The van der Waals surface area contributed by atoms with Crippen LogP contribution < -0.4 is 14.6 Å². The zero-order valence-electron chi connectivity index (χ0n) is 12.4. The molecular weight excluding hydrogens is 364 g/mol. The molecule has 0 N–H and O–H groups in total. The van der Waals surface area contributed by atoms with Crippen molar-refractivity contribution >= 4 is 28.2 Å². The van der Waals surface area contributed by atoms with E-state index in [-0.39, 0.29) is 12.2 Å². The number of aldehydes is 1. The third-order valence-corrected chi connectivity index (χ3v) is 3.60. The van der Waals surface area contributed by atoms with E-state index in [1.54, 1.807) is 24.3 Å². The summed E-state index contributed by atoms with van der Waals surface area (Å²) in [5, 5.41) is 10.9. The highest BCUT2D eigenvalue weighted by Crippen LogP contribution is 2.37. The van der Waals surface area contributed by atoms with Gasteiger partial charge in [-0.3, -0.25) is 4.79 Å². The summed E-state index contributed by atoms with van der Waals surface area (Å²) in [7, 11) is 0. The summed E-state index contributed by atoms with van der Waals surface area (Å²) in [6, 6.07) is 9.54. The molecule has 0 saturated carbocycles. The lowest BCUT2D eigenvalue weighted by Crippen LogP contribution is -2.22. The van der Waals surface area contributed by atoms with Crippen LogP contribution in [-0.4, -0.2) is 18.9 Å². The van der Waals surface area contributed by atoms with Crippen molar-refractivity contribution in [3.8, 4) is 11.5 Å². The third-order valence-electron chi connectivity index (χ3n) is 3.01. The Labute approximate surface area is 142 Å². The number of benzene rings is 2. The van der Waals surface area contributed by atoms with Gasteiger partial charge in [-0.05, 0) is 52.2 Å². The van der Waals surface area contributed by atoms with E-state index >= 15 is 0 Å². The molecule has 0 aliphatic rings. The molecule has 0 aromatic heterocycles. The van der Waals surface area contributed by atoms with Crippen LogP contribution in [0.1, 0.15) is 33.2 Å². The van der Waals surface area contributed by atoms with Gasteiger partial charge in [0.15, 0.2) is 11.5 Å². The van der Waals surface area contributed by atoms with Crippen LogP contribution in [-0.2, 0) is 6.61 Å². The number of ether oxygens (including phenoxy) is 2. The van der Waals surface area contributed by atoms with E-state index in [0.717, 1.165) is 6.29 Å². The van der Waals surface area contributed by atoms with Crippen LogP contribution in [0.3, 0.4) is 0 Å². The predicted octanol–water partition coefficient (Wildman–Crippen LogP) is 2.60. The fourth-order valence-electron chi connectivity index (χ4n) is 2.00. The lowest BCUT2D eigenvalue weighted by Gasteiger charge is -2.15. The van der Waals surface area contributed by atoms with E-state index in [1.807, 2.05) is 6.92 Å². The molecule has 5 nitrogen and oxygen atoms in total. The summed E-state index contributed by atoms with van der Waals surface area (Å²) in [6.07, 6.45) is 0.723. The Morgan fingerprint density at radius 2 is 2.04 bits per heavy atom. The van der Waals surface area contributed by atoms with Crippen molar-refractivity contribution in [2.24, 2.45) is 0 Å². The van der Waals surface area contributed by atoms with Crippen molar-refractivity contribution in [3.63, 3.8) is 0 Å². The normalized spacial score (nSPS) is 10.2. The van der Waals surface area contributed by atoms with E-state index in [4.69, 9.17) is 9.47 Å². The quantitative estimate of drug-likeness (QED) is 0.693. The number of aromatic carboxylic acids is 1. The van der Waals surface area contributed by atoms with Gasteiger partial charge in [0, 0.05) is 5.56 Å². The van der Waals surface area contributed by atoms with Gasteiger partial charge in [0.05, 0.1) is 17.0 Å². The SMILES string of the molecule is CCOc1cc(C=O)cc(Br)c1OCc1cccc(C(=O)[O-])c1. The van der Waals surface area contributed by atoms with Gasteiger partial charge in [-0.15, -0.1) is 0 Å². The van der Waals surface area contributed by atoms with Crippen LogP contribution in [0, 0.1) is 0 Å². The molecule has 23 heavy (non-hydrogen) atoms. The fourth-order valence-corrected chi connectivity index (χ4v) is 2.58. The number of halogens is 1. The van der Waals surface area contributed by atoms with Crippen molar-refractivity contribution in [2.75, 3.05) is 6.61 Å². The minimum absolute atomic E-state index is 0.0894. The maximum atomic E-state index is 10.9. The minimum atomic E-state index is -1.24. The molecule has 0 saturated heterocycles. The standard InChI is InChI=1S/C17H15BrO5/c1-2-22-15-8-12(9-19)7-14(18)16(15)23-10-11-4-3-5-13(6-11)17(20)21/h3-9H,2,10H2,1H3,(H,20,21)/p-1. The lowest BCUT2D eigenvalue weighted by molar-refractivity contribution is -0.255. The monoisotopic (exact) mass is 377 g/mol. The predicted molar refractivity (Wildman–Crippen MR) is 85.8 cm³/mol. The first kappa shape index (κ1) is 17.0. The largest absolute Gasteiger partial charge is 0.545 e. The van der Waals surface area contributed by atoms with Crippen LogP contribution in [0.25, 0.3) is 0 Å². The first-order valence-electron chi connectivity index (χ1n) is 6.89. The second kappa shape index (κ2) is 7.78. The average Bonchev–Trinajstić information content (AvgIpc) is 2.54. The van der Waals surface area contributed by atoms with Crippen LogP contribution in [0.2, 0.25) is 0 Å². The minimum Gasteiger partial charge on any atom is -0.545 e. The van der Waals surface area contributed by atoms with E-state index in [0.29, 0.717) is 33.7 Å². The van der Waals surface area contributed by atoms with Gasteiger partial charge in [0.1, 0.15) is 12.9 Å². The Morgan fingerprint density at radius 1 is 1.26 bits per heavy atom. The molecule has 0 unspecified atom stereocenters. The average molecular weight is 378 g/mol. The summed E-state index contributed by atoms with van der Waals surface area (Å²) in [6.45, 7) is 2.40. The number of carboxylic acid groups (broad SMARTS) is 1. The number of carbonyl (C=O) groups is 2. The highest BCUT2D eigenvalue weighted by Gasteiger charge is 2.12. The Morgan fingerprint density at radius 3 is 2.70 bits per heavy atom. The van der Waals surface area contributed by atoms with Crippen molar-refractivity contribution in [1.82, 2.24) is 0 Å². The molecule has 0 radical (unpaired) electrons. The van der Waals surface area contributed by atoms with Gasteiger partial charge < -0.3 is 19.4 Å². The highest BCUT2D eigenvalue weighted by molar-refractivity contribution is 9.10. The molecule has 0 amide bonds. The molecule has 6 heteroatoms. The Bertz CT molecular complexity index is 727. The van der Waals surface area contributed by atoms with Crippen LogP contribution >= 0.6 is 15.9 Å². The second-order valence-electron chi connectivity index (χ2n) is 4.66. The lowest BCUT2D eigenvalue weighted by atomic mass is 10.1. The molecule has 0 heterocycles. The number of carboxylic acids is 1. The summed E-state index contributed by atoms with van der Waals surface area (Å²) < 4.78 is 11.8. The van der Waals surface area contributed by atoms with Gasteiger partial charge in [0.25, 0.3) is 0 Å². The van der Waals surface area contributed by atoms with Crippen molar-refractivity contribution in [1.29, 1.82) is 0 Å². The van der Waals surface area contributed by atoms with Crippen LogP contribution in [0.4, 0.5) is 0 Å². The van der Waals surface area contributed by atoms with Crippen molar-refractivity contribution < 1.29 is 24.2 Å². The van der Waals surface area contributed by atoms with Crippen LogP contribution in [0.15, 0.2) is 40.9 Å². The Kier molecular flexibility index (Phi) is 5.76. The van der Waals surface area contributed by atoms with Gasteiger partial charge in [-0.2, -0.15) is 0 Å².